The molecule has 2 rings (SSSR count). The maximum Gasteiger partial charge on any atom is 0.276 e. The van der Waals surface area contributed by atoms with Crippen LogP contribution in [0.2, 0.25) is 0 Å². The summed E-state index contributed by atoms with van der Waals surface area (Å²) in [6, 6.07) is 0. The first-order valence-electron chi connectivity index (χ1n) is 8.16. The molecule has 1 aromatic heterocycles. The van der Waals surface area contributed by atoms with E-state index in [4.69, 9.17) is 4.42 Å². The minimum absolute atomic E-state index is 0.0572. The van der Waals surface area contributed by atoms with Crippen LogP contribution in [-0.2, 0) is 11.2 Å². The molecule has 0 spiro atoms. The Morgan fingerprint density at radius 1 is 1.45 bits per heavy atom. The number of piperidine rings is 1. The van der Waals surface area contributed by atoms with E-state index >= 15 is 0 Å². The number of hydrogen-bond acceptors (Lipinski definition) is 4. The van der Waals surface area contributed by atoms with Gasteiger partial charge in [0, 0.05) is 26.1 Å². The minimum Gasteiger partial charge on any atom is -0.448 e. The summed E-state index contributed by atoms with van der Waals surface area (Å²) < 4.78 is 5.23. The predicted molar refractivity (Wildman–Crippen MR) is 82.4 cm³/mol. The summed E-state index contributed by atoms with van der Waals surface area (Å²) in [6.07, 6.45) is 5.67. The van der Waals surface area contributed by atoms with Gasteiger partial charge in [-0.2, -0.15) is 0 Å². The number of aromatic nitrogens is 1. The molecule has 2 amide bonds. The normalized spacial score (nSPS) is 18.3. The van der Waals surface area contributed by atoms with E-state index in [-0.39, 0.29) is 17.7 Å². The van der Waals surface area contributed by atoms with Gasteiger partial charge in [0.15, 0.2) is 12.1 Å². The number of amides is 2. The van der Waals surface area contributed by atoms with Gasteiger partial charge in [-0.25, -0.2) is 4.98 Å². The Kier molecular flexibility index (Phi) is 5.98. The molecule has 1 aliphatic rings. The van der Waals surface area contributed by atoms with Crippen molar-refractivity contribution in [1.29, 1.82) is 0 Å². The van der Waals surface area contributed by atoms with Gasteiger partial charge in [0.2, 0.25) is 5.91 Å². The van der Waals surface area contributed by atoms with Crippen LogP contribution in [0.3, 0.4) is 0 Å². The molecule has 6 heteroatoms. The van der Waals surface area contributed by atoms with Gasteiger partial charge < -0.3 is 14.6 Å². The fourth-order valence-corrected chi connectivity index (χ4v) is 2.75. The molecule has 22 heavy (non-hydrogen) atoms. The van der Waals surface area contributed by atoms with E-state index in [1.54, 1.807) is 4.90 Å². The van der Waals surface area contributed by atoms with E-state index in [0.717, 1.165) is 25.7 Å². The van der Waals surface area contributed by atoms with Crippen LogP contribution in [0.4, 0.5) is 0 Å². The van der Waals surface area contributed by atoms with Gasteiger partial charge in [-0.1, -0.05) is 20.3 Å². The SMILES string of the molecule is CCCCNC(=O)C1CCCN(C(=O)c2ncoc2CC)C1. The second-order valence-corrected chi connectivity index (χ2v) is 5.71. The fraction of sp³-hybridized carbons (Fsp3) is 0.688. The average molecular weight is 307 g/mol. The summed E-state index contributed by atoms with van der Waals surface area (Å²) in [7, 11) is 0. The Hall–Kier alpha value is -1.85. The number of rotatable bonds is 6. The zero-order valence-corrected chi connectivity index (χ0v) is 13.4. The molecule has 2 heterocycles. The Bertz CT molecular complexity index is 512. The first kappa shape index (κ1) is 16.5. The number of nitrogens with zero attached hydrogens (tertiary/aromatic N) is 2. The molecular weight excluding hydrogens is 282 g/mol. The molecule has 1 saturated heterocycles. The Morgan fingerprint density at radius 3 is 3.00 bits per heavy atom. The summed E-state index contributed by atoms with van der Waals surface area (Å²) in [6.45, 7) is 5.87. The molecule has 0 aromatic carbocycles. The Morgan fingerprint density at radius 2 is 2.27 bits per heavy atom. The molecule has 0 bridgehead atoms. The van der Waals surface area contributed by atoms with Crippen molar-refractivity contribution in [2.45, 2.75) is 46.0 Å². The maximum atomic E-state index is 12.5. The number of unbranched alkanes of at least 4 members (excludes halogenated alkanes) is 1. The van der Waals surface area contributed by atoms with Gasteiger partial charge in [-0.05, 0) is 19.3 Å². The van der Waals surface area contributed by atoms with Gasteiger partial charge in [-0.3, -0.25) is 9.59 Å². The molecule has 1 aromatic rings. The summed E-state index contributed by atoms with van der Waals surface area (Å²) in [5.41, 5.74) is 0.384. The van der Waals surface area contributed by atoms with Crippen molar-refractivity contribution in [3.63, 3.8) is 0 Å². The van der Waals surface area contributed by atoms with Crippen LogP contribution >= 0.6 is 0 Å². The molecule has 0 radical (unpaired) electrons. The van der Waals surface area contributed by atoms with Crippen LogP contribution in [0, 0.1) is 5.92 Å². The third-order valence-corrected chi connectivity index (χ3v) is 4.07. The van der Waals surface area contributed by atoms with Crippen LogP contribution in [0.5, 0.6) is 0 Å². The molecule has 1 fully saturated rings. The van der Waals surface area contributed by atoms with E-state index < -0.39 is 0 Å². The fourth-order valence-electron chi connectivity index (χ4n) is 2.75. The third kappa shape index (κ3) is 3.87. The largest absolute Gasteiger partial charge is 0.448 e. The second-order valence-electron chi connectivity index (χ2n) is 5.71. The van der Waals surface area contributed by atoms with Crippen molar-refractivity contribution in [2.24, 2.45) is 5.92 Å². The smallest absolute Gasteiger partial charge is 0.276 e. The lowest BCUT2D eigenvalue weighted by molar-refractivity contribution is -0.126. The van der Waals surface area contributed by atoms with Crippen molar-refractivity contribution in [3.05, 3.63) is 17.8 Å². The van der Waals surface area contributed by atoms with Crippen LogP contribution in [0.25, 0.3) is 0 Å². The van der Waals surface area contributed by atoms with Crippen molar-refractivity contribution in [1.82, 2.24) is 15.2 Å². The summed E-state index contributed by atoms with van der Waals surface area (Å²) in [4.78, 5) is 30.5. The lowest BCUT2D eigenvalue weighted by Gasteiger charge is -2.31. The van der Waals surface area contributed by atoms with Crippen LogP contribution in [0.1, 0.15) is 55.8 Å². The first-order chi connectivity index (χ1) is 10.7. The average Bonchev–Trinajstić information content (AvgIpc) is 3.03. The van der Waals surface area contributed by atoms with Gasteiger partial charge in [0.1, 0.15) is 5.76 Å². The number of likely N-dealkylation sites (tertiary alicyclic amines) is 1. The van der Waals surface area contributed by atoms with E-state index in [1.807, 2.05) is 6.92 Å². The quantitative estimate of drug-likeness (QED) is 0.816. The van der Waals surface area contributed by atoms with Gasteiger partial charge in [0.25, 0.3) is 5.91 Å². The minimum atomic E-state index is -0.128. The van der Waals surface area contributed by atoms with E-state index in [9.17, 15) is 9.59 Å². The van der Waals surface area contributed by atoms with Crippen molar-refractivity contribution < 1.29 is 14.0 Å². The number of nitrogens with one attached hydrogen (secondary N) is 1. The molecule has 6 nitrogen and oxygen atoms in total. The van der Waals surface area contributed by atoms with Crippen molar-refractivity contribution >= 4 is 11.8 Å². The second kappa shape index (κ2) is 7.96. The van der Waals surface area contributed by atoms with Gasteiger partial charge in [0.05, 0.1) is 5.92 Å². The Labute approximate surface area is 131 Å². The first-order valence-corrected chi connectivity index (χ1v) is 8.16. The number of carbonyl (C=O) groups is 2. The summed E-state index contributed by atoms with van der Waals surface area (Å²) in [5.74, 6) is 0.421. The van der Waals surface area contributed by atoms with Crippen LogP contribution < -0.4 is 5.32 Å². The number of aryl methyl sites for hydroxylation is 1. The highest BCUT2D eigenvalue weighted by molar-refractivity contribution is 5.93. The number of oxazole rings is 1. The molecule has 1 unspecified atom stereocenters. The molecule has 1 N–H and O–H groups in total. The van der Waals surface area contributed by atoms with Gasteiger partial charge >= 0.3 is 0 Å². The zero-order valence-electron chi connectivity index (χ0n) is 13.4. The highest BCUT2D eigenvalue weighted by Crippen LogP contribution is 2.20. The highest BCUT2D eigenvalue weighted by Gasteiger charge is 2.30. The number of carbonyl (C=O) groups excluding carboxylic acids is 2. The highest BCUT2D eigenvalue weighted by atomic mass is 16.3. The van der Waals surface area contributed by atoms with Crippen LogP contribution in [0.15, 0.2) is 10.8 Å². The summed E-state index contributed by atoms with van der Waals surface area (Å²) >= 11 is 0. The third-order valence-electron chi connectivity index (χ3n) is 4.07. The lowest BCUT2D eigenvalue weighted by Crippen LogP contribution is -2.45. The van der Waals surface area contributed by atoms with E-state index in [0.29, 0.717) is 37.5 Å². The number of hydrogen-bond donors (Lipinski definition) is 1. The summed E-state index contributed by atoms with van der Waals surface area (Å²) in [5, 5.41) is 2.96. The molecule has 122 valence electrons. The molecule has 1 atom stereocenters. The van der Waals surface area contributed by atoms with Crippen molar-refractivity contribution in [2.75, 3.05) is 19.6 Å². The van der Waals surface area contributed by atoms with Crippen LogP contribution in [-0.4, -0.2) is 41.3 Å². The molecule has 1 aliphatic heterocycles. The molecular formula is C16H25N3O3. The standard InChI is InChI=1S/C16H25N3O3/c1-3-5-8-17-15(20)12-7-6-9-19(10-12)16(21)14-13(4-2)22-11-18-14/h11-12H,3-10H2,1-2H3,(H,17,20). The maximum absolute atomic E-state index is 12.5. The lowest BCUT2D eigenvalue weighted by atomic mass is 9.96. The van der Waals surface area contributed by atoms with E-state index in [1.165, 1.54) is 6.39 Å². The van der Waals surface area contributed by atoms with Gasteiger partial charge in [-0.15, -0.1) is 0 Å². The Balaban J connectivity index is 1.95. The van der Waals surface area contributed by atoms with Crippen molar-refractivity contribution in [3.8, 4) is 0 Å². The molecule has 0 saturated carbocycles. The zero-order chi connectivity index (χ0) is 15.9. The topological polar surface area (TPSA) is 75.4 Å². The monoisotopic (exact) mass is 307 g/mol. The molecule has 0 aliphatic carbocycles. The van der Waals surface area contributed by atoms with E-state index in [2.05, 4.69) is 17.2 Å². The predicted octanol–water partition coefficient (Wildman–Crippen LogP) is 2.01.